The van der Waals surface area contributed by atoms with E-state index >= 15 is 0 Å². The Hall–Kier alpha value is -2.31. The topological polar surface area (TPSA) is 65.7 Å². The lowest BCUT2D eigenvalue weighted by Gasteiger charge is -2.06. The maximum absolute atomic E-state index is 11.7. The number of rotatable bonds is 2. The van der Waals surface area contributed by atoms with E-state index in [0.29, 0.717) is 16.0 Å². The van der Waals surface area contributed by atoms with Crippen LogP contribution in [-0.4, -0.2) is 6.16 Å². The second kappa shape index (κ2) is 5.59. The lowest BCUT2D eigenvalue weighted by atomic mass is 10.3. The fraction of sp³-hybridized carbons (Fsp3) is 0. The Balaban J connectivity index is 1.82. The predicted octanol–water partition coefficient (Wildman–Crippen LogP) is 4.09. The zero-order valence-electron chi connectivity index (χ0n) is 10.4. The minimum absolute atomic E-state index is 0.0617. The molecule has 0 aliphatic heterocycles. The number of hydrogen-bond acceptors (Lipinski definition) is 6. The summed E-state index contributed by atoms with van der Waals surface area (Å²) in [4.78, 5) is 22.4. The van der Waals surface area contributed by atoms with Crippen LogP contribution >= 0.6 is 22.9 Å². The van der Waals surface area contributed by atoms with Crippen molar-refractivity contribution in [3.8, 4) is 11.5 Å². The van der Waals surface area contributed by atoms with Crippen LogP contribution in [0.4, 0.5) is 4.79 Å². The van der Waals surface area contributed by atoms with E-state index < -0.39 is 11.1 Å². The average molecular weight is 323 g/mol. The number of hydrogen-bond donors (Lipinski definition) is 0. The maximum atomic E-state index is 11.7. The van der Waals surface area contributed by atoms with Crippen molar-refractivity contribution < 1.29 is 18.7 Å². The van der Waals surface area contributed by atoms with Crippen LogP contribution in [0.1, 0.15) is 0 Å². The van der Waals surface area contributed by atoms with Gasteiger partial charge in [0.15, 0.2) is 11.3 Å². The van der Waals surface area contributed by atoms with Crippen molar-refractivity contribution >= 4 is 39.4 Å². The number of carbonyl (C=O) groups is 1. The van der Waals surface area contributed by atoms with Crippen molar-refractivity contribution in [1.29, 1.82) is 0 Å². The van der Waals surface area contributed by atoms with Crippen molar-refractivity contribution in [1.82, 2.24) is 0 Å². The number of benzene rings is 2. The molecule has 3 rings (SSSR count). The first kappa shape index (κ1) is 13.7. The molecule has 5 nitrogen and oxygen atoms in total. The summed E-state index contributed by atoms with van der Waals surface area (Å²) in [7, 11) is 0. The highest BCUT2D eigenvalue weighted by molar-refractivity contribution is 7.16. The van der Waals surface area contributed by atoms with E-state index in [-0.39, 0.29) is 10.8 Å². The molecule has 7 heteroatoms. The van der Waals surface area contributed by atoms with Gasteiger partial charge in [-0.05, 0) is 18.2 Å². The first-order chi connectivity index (χ1) is 10.1. The van der Waals surface area contributed by atoms with Gasteiger partial charge in [-0.2, -0.15) is 0 Å². The lowest BCUT2D eigenvalue weighted by molar-refractivity contribution is 0.152. The van der Waals surface area contributed by atoms with E-state index in [9.17, 15) is 9.59 Å². The molecule has 0 N–H and O–H groups in total. The SMILES string of the molecule is O=C(Oc1ccccc1)Oc1cc2oc(=O)sc2cc1Cl. The number of carbonyl (C=O) groups excluding carboxylic acids is 1. The summed E-state index contributed by atoms with van der Waals surface area (Å²) in [6.07, 6.45) is -0.931. The quantitative estimate of drug-likeness (QED) is 0.525. The second-order valence-corrected chi connectivity index (χ2v) is 5.34. The van der Waals surface area contributed by atoms with Gasteiger partial charge in [0.2, 0.25) is 0 Å². The van der Waals surface area contributed by atoms with Crippen molar-refractivity contribution in [2.45, 2.75) is 0 Å². The molecule has 106 valence electrons. The van der Waals surface area contributed by atoms with Crippen LogP contribution < -0.4 is 14.4 Å². The summed E-state index contributed by atoms with van der Waals surface area (Å²) in [5, 5.41) is 0.185. The molecule has 3 aromatic rings. The van der Waals surface area contributed by atoms with Gasteiger partial charge in [-0.1, -0.05) is 41.1 Å². The number of fused-ring (bicyclic) bond motifs is 1. The van der Waals surface area contributed by atoms with Gasteiger partial charge in [0.25, 0.3) is 0 Å². The third-order valence-electron chi connectivity index (χ3n) is 2.52. The summed E-state index contributed by atoms with van der Waals surface area (Å²) >= 11 is 6.91. The highest BCUT2D eigenvalue weighted by Gasteiger charge is 2.14. The van der Waals surface area contributed by atoms with Crippen LogP contribution in [-0.2, 0) is 0 Å². The summed E-state index contributed by atoms with van der Waals surface area (Å²) < 4.78 is 15.5. The smallest absolute Gasteiger partial charge is 0.414 e. The molecule has 0 atom stereocenters. The summed E-state index contributed by atoms with van der Waals surface area (Å²) in [6, 6.07) is 11.3. The molecule has 0 fully saturated rings. The Kier molecular flexibility index (Phi) is 3.64. The largest absolute Gasteiger partial charge is 0.519 e. The Labute approximate surface area is 127 Å². The summed E-state index contributed by atoms with van der Waals surface area (Å²) in [6.45, 7) is 0. The molecule has 21 heavy (non-hydrogen) atoms. The monoisotopic (exact) mass is 322 g/mol. The van der Waals surface area contributed by atoms with Crippen molar-refractivity contribution in [3.63, 3.8) is 0 Å². The first-order valence-corrected chi connectivity index (χ1v) is 6.99. The molecule has 0 bridgehead atoms. The van der Waals surface area contributed by atoms with Gasteiger partial charge in [-0.15, -0.1) is 0 Å². The summed E-state index contributed by atoms with van der Waals surface area (Å²) in [5.41, 5.74) is 0.303. The molecule has 0 aliphatic rings. The molecule has 1 aromatic heterocycles. The first-order valence-electron chi connectivity index (χ1n) is 5.80. The Bertz CT molecular complexity index is 853. The van der Waals surface area contributed by atoms with E-state index in [1.165, 1.54) is 12.1 Å². The van der Waals surface area contributed by atoms with E-state index in [1.54, 1.807) is 30.3 Å². The van der Waals surface area contributed by atoms with E-state index in [1.807, 2.05) is 0 Å². The fourth-order valence-electron chi connectivity index (χ4n) is 1.65. The minimum atomic E-state index is -0.931. The Morgan fingerprint density at radius 3 is 2.67 bits per heavy atom. The number of halogens is 1. The molecular weight excluding hydrogens is 316 g/mol. The van der Waals surface area contributed by atoms with E-state index in [0.717, 1.165) is 11.3 Å². The maximum Gasteiger partial charge on any atom is 0.519 e. The summed E-state index contributed by atoms with van der Waals surface area (Å²) in [5.74, 6) is 0.411. The normalized spacial score (nSPS) is 10.5. The van der Waals surface area contributed by atoms with E-state index in [2.05, 4.69) is 0 Å². The molecule has 0 radical (unpaired) electrons. The molecule has 0 aliphatic carbocycles. The van der Waals surface area contributed by atoms with Crippen LogP contribution in [0.3, 0.4) is 0 Å². The van der Waals surface area contributed by atoms with Gasteiger partial charge in [0, 0.05) is 6.07 Å². The van der Waals surface area contributed by atoms with Gasteiger partial charge < -0.3 is 13.9 Å². The molecule has 1 heterocycles. The Morgan fingerprint density at radius 2 is 1.90 bits per heavy atom. The van der Waals surface area contributed by atoms with Gasteiger partial charge in [0.05, 0.1) is 9.72 Å². The molecule has 0 saturated heterocycles. The van der Waals surface area contributed by atoms with E-state index in [4.69, 9.17) is 25.5 Å². The standard InChI is InChI=1S/C14H7ClO5S/c15-9-6-12-11(20-14(17)21-12)7-10(9)19-13(16)18-8-4-2-1-3-5-8/h1-7H. The molecule has 0 unspecified atom stereocenters. The Morgan fingerprint density at radius 1 is 1.14 bits per heavy atom. The fourth-order valence-corrected chi connectivity index (χ4v) is 2.61. The van der Waals surface area contributed by atoms with Gasteiger partial charge in [-0.25, -0.2) is 9.59 Å². The third kappa shape index (κ3) is 3.07. The predicted molar refractivity (Wildman–Crippen MR) is 78.5 cm³/mol. The molecule has 2 aromatic carbocycles. The van der Waals surface area contributed by atoms with Gasteiger partial charge in [-0.3, -0.25) is 0 Å². The van der Waals surface area contributed by atoms with Crippen molar-refractivity contribution in [2.24, 2.45) is 0 Å². The average Bonchev–Trinajstić information content (AvgIpc) is 2.79. The molecular formula is C14H7ClO5S. The highest BCUT2D eigenvalue weighted by Crippen LogP contribution is 2.31. The zero-order valence-corrected chi connectivity index (χ0v) is 11.9. The second-order valence-electron chi connectivity index (χ2n) is 3.95. The van der Waals surface area contributed by atoms with Crippen molar-refractivity contribution in [3.05, 3.63) is 57.2 Å². The molecule has 0 spiro atoms. The van der Waals surface area contributed by atoms with Crippen LogP contribution in [0.2, 0.25) is 5.02 Å². The lowest BCUT2D eigenvalue weighted by Crippen LogP contribution is -2.13. The minimum Gasteiger partial charge on any atom is -0.414 e. The van der Waals surface area contributed by atoms with Crippen LogP contribution in [0.15, 0.2) is 51.7 Å². The number of ether oxygens (including phenoxy) is 2. The van der Waals surface area contributed by atoms with Gasteiger partial charge in [0.1, 0.15) is 5.75 Å². The van der Waals surface area contributed by atoms with Crippen LogP contribution in [0, 0.1) is 0 Å². The number of para-hydroxylation sites is 1. The van der Waals surface area contributed by atoms with Crippen molar-refractivity contribution in [2.75, 3.05) is 0 Å². The third-order valence-corrected chi connectivity index (χ3v) is 3.61. The molecule has 0 saturated carbocycles. The van der Waals surface area contributed by atoms with Gasteiger partial charge >= 0.3 is 11.1 Å². The highest BCUT2D eigenvalue weighted by atomic mass is 35.5. The van der Waals surface area contributed by atoms with Crippen LogP contribution in [0.5, 0.6) is 11.5 Å². The van der Waals surface area contributed by atoms with Crippen LogP contribution in [0.25, 0.3) is 10.3 Å². The zero-order chi connectivity index (χ0) is 14.8. The molecule has 0 amide bonds.